The molecule has 2 heterocycles. The Kier molecular flexibility index (Phi) is 5.20. The molecule has 1 aromatic heterocycles. The van der Waals surface area contributed by atoms with Crippen molar-refractivity contribution in [2.45, 2.75) is 64.1 Å². The lowest BCUT2D eigenvalue weighted by atomic mass is 10.0. The van der Waals surface area contributed by atoms with Crippen molar-refractivity contribution in [1.82, 2.24) is 9.78 Å². The summed E-state index contributed by atoms with van der Waals surface area (Å²) in [6, 6.07) is 2.13. The second kappa shape index (κ2) is 6.90. The zero-order valence-electron chi connectivity index (χ0n) is 11.3. The van der Waals surface area contributed by atoms with Crippen molar-refractivity contribution < 1.29 is 4.74 Å². The summed E-state index contributed by atoms with van der Waals surface area (Å²) in [5.41, 5.74) is 7.43. The van der Waals surface area contributed by atoms with Crippen LogP contribution in [0.5, 0.6) is 0 Å². The van der Waals surface area contributed by atoms with Gasteiger partial charge in [-0.3, -0.25) is 4.68 Å². The van der Waals surface area contributed by atoms with Crippen molar-refractivity contribution >= 4 is 0 Å². The molecule has 1 fully saturated rings. The van der Waals surface area contributed by atoms with Crippen LogP contribution in [0.2, 0.25) is 0 Å². The summed E-state index contributed by atoms with van der Waals surface area (Å²) in [5.74, 6) is 0. The Balaban J connectivity index is 1.82. The first-order valence-electron chi connectivity index (χ1n) is 7.20. The highest BCUT2D eigenvalue weighted by molar-refractivity contribution is 5.06. The Hall–Kier alpha value is -0.870. The smallest absolute Gasteiger partial charge is 0.0575 e. The Morgan fingerprint density at radius 2 is 2.44 bits per heavy atom. The number of hydrogen-bond acceptors (Lipinski definition) is 3. The zero-order valence-corrected chi connectivity index (χ0v) is 11.3. The maximum Gasteiger partial charge on any atom is 0.0575 e. The van der Waals surface area contributed by atoms with Gasteiger partial charge in [-0.05, 0) is 44.6 Å². The van der Waals surface area contributed by atoms with Gasteiger partial charge in [-0.25, -0.2) is 0 Å². The van der Waals surface area contributed by atoms with Crippen LogP contribution in [-0.2, 0) is 11.3 Å². The van der Waals surface area contributed by atoms with E-state index in [0.29, 0.717) is 6.10 Å². The maximum atomic E-state index is 6.27. The summed E-state index contributed by atoms with van der Waals surface area (Å²) < 4.78 is 7.78. The van der Waals surface area contributed by atoms with Crippen LogP contribution in [0.4, 0.5) is 0 Å². The molecule has 4 heteroatoms. The fourth-order valence-corrected chi connectivity index (χ4v) is 2.60. The molecule has 18 heavy (non-hydrogen) atoms. The Bertz CT molecular complexity index is 345. The quantitative estimate of drug-likeness (QED) is 0.845. The van der Waals surface area contributed by atoms with E-state index in [9.17, 15) is 0 Å². The first-order chi connectivity index (χ1) is 8.81. The molecule has 0 radical (unpaired) electrons. The standard InChI is InChI=1S/C14H25N3O/c1-2-10-17-14(8-9-16-17)13(15)7-6-12-5-3-4-11-18-12/h8-9,12-13H,2-7,10-11,15H2,1H3. The molecule has 0 aliphatic carbocycles. The third-order valence-electron chi connectivity index (χ3n) is 3.64. The largest absolute Gasteiger partial charge is 0.378 e. The van der Waals surface area contributed by atoms with E-state index in [0.717, 1.165) is 38.1 Å². The van der Waals surface area contributed by atoms with Gasteiger partial charge in [-0.15, -0.1) is 0 Å². The lowest BCUT2D eigenvalue weighted by Crippen LogP contribution is -2.22. The summed E-state index contributed by atoms with van der Waals surface area (Å²) in [6.45, 7) is 4.04. The molecular weight excluding hydrogens is 226 g/mol. The van der Waals surface area contributed by atoms with E-state index in [-0.39, 0.29) is 6.04 Å². The molecule has 0 spiro atoms. The molecule has 102 valence electrons. The second-order valence-corrected chi connectivity index (χ2v) is 5.15. The predicted octanol–water partition coefficient (Wildman–Crippen LogP) is 2.64. The number of nitrogens with zero attached hydrogens (tertiary/aromatic N) is 2. The molecule has 1 aliphatic heterocycles. The fourth-order valence-electron chi connectivity index (χ4n) is 2.60. The third kappa shape index (κ3) is 3.56. The number of aromatic nitrogens is 2. The topological polar surface area (TPSA) is 53.1 Å². The van der Waals surface area contributed by atoms with E-state index in [4.69, 9.17) is 10.5 Å². The number of aryl methyl sites for hydroxylation is 1. The number of hydrogen-bond donors (Lipinski definition) is 1. The van der Waals surface area contributed by atoms with Crippen LogP contribution < -0.4 is 5.73 Å². The Labute approximate surface area is 110 Å². The van der Waals surface area contributed by atoms with Crippen LogP contribution in [0, 0.1) is 0 Å². The van der Waals surface area contributed by atoms with Gasteiger partial charge in [-0.2, -0.15) is 5.10 Å². The van der Waals surface area contributed by atoms with Crippen LogP contribution in [0.3, 0.4) is 0 Å². The van der Waals surface area contributed by atoms with Crippen LogP contribution >= 0.6 is 0 Å². The third-order valence-corrected chi connectivity index (χ3v) is 3.64. The lowest BCUT2D eigenvalue weighted by Gasteiger charge is -2.24. The van der Waals surface area contributed by atoms with Crippen LogP contribution in [0.15, 0.2) is 12.3 Å². The van der Waals surface area contributed by atoms with Gasteiger partial charge in [0.15, 0.2) is 0 Å². The van der Waals surface area contributed by atoms with E-state index >= 15 is 0 Å². The lowest BCUT2D eigenvalue weighted by molar-refractivity contribution is 0.00901. The van der Waals surface area contributed by atoms with Crippen molar-refractivity contribution in [2.75, 3.05) is 6.61 Å². The Morgan fingerprint density at radius 3 is 3.17 bits per heavy atom. The van der Waals surface area contributed by atoms with Gasteiger partial charge in [0, 0.05) is 25.4 Å². The second-order valence-electron chi connectivity index (χ2n) is 5.15. The number of ether oxygens (including phenoxy) is 1. The van der Waals surface area contributed by atoms with Crippen molar-refractivity contribution in [1.29, 1.82) is 0 Å². The molecule has 2 N–H and O–H groups in total. The van der Waals surface area contributed by atoms with E-state index in [1.165, 1.54) is 19.3 Å². The fraction of sp³-hybridized carbons (Fsp3) is 0.786. The van der Waals surface area contributed by atoms with E-state index < -0.39 is 0 Å². The highest BCUT2D eigenvalue weighted by atomic mass is 16.5. The first-order valence-corrected chi connectivity index (χ1v) is 7.20. The minimum atomic E-state index is 0.0876. The molecule has 2 rings (SSSR count). The summed E-state index contributed by atoms with van der Waals surface area (Å²) >= 11 is 0. The molecule has 1 aliphatic rings. The molecule has 2 atom stereocenters. The van der Waals surface area contributed by atoms with Crippen molar-refractivity contribution in [3.05, 3.63) is 18.0 Å². The average molecular weight is 251 g/mol. The van der Waals surface area contributed by atoms with Gasteiger partial charge in [0.05, 0.1) is 11.8 Å². The molecule has 1 saturated heterocycles. The van der Waals surface area contributed by atoms with Crippen LogP contribution in [-0.4, -0.2) is 22.5 Å². The average Bonchev–Trinajstić information content (AvgIpc) is 2.86. The van der Waals surface area contributed by atoms with Gasteiger partial charge >= 0.3 is 0 Å². The molecule has 0 saturated carbocycles. The van der Waals surface area contributed by atoms with Crippen molar-refractivity contribution in [3.8, 4) is 0 Å². The van der Waals surface area contributed by atoms with Crippen LogP contribution in [0.25, 0.3) is 0 Å². The van der Waals surface area contributed by atoms with Gasteiger partial charge in [0.25, 0.3) is 0 Å². The number of nitrogens with two attached hydrogens (primary N) is 1. The summed E-state index contributed by atoms with van der Waals surface area (Å²) in [4.78, 5) is 0. The normalized spacial score (nSPS) is 22.0. The van der Waals surface area contributed by atoms with Crippen LogP contribution in [0.1, 0.15) is 57.2 Å². The van der Waals surface area contributed by atoms with E-state index in [2.05, 4.69) is 12.0 Å². The van der Waals surface area contributed by atoms with E-state index in [1.807, 2.05) is 16.9 Å². The highest BCUT2D eigenvalue weighted by Gasteiger charge is 2.17. The first kappa shape index (κ1) is 13.6. The molecule has 0 bridgehead atoms. The maximum absolute atomic E-state index is 6.27. The monoisotopic (exact) mass is 251 g/mol. The minimum Gasteiger partial charge on any atom is -0.378 e. The molecule has 0 amide bonds. The molecule has 2 unspecified atom stereocenters. The SMILES string of the molecule is CCCn1nccc1C(N)CCC1CCCCO1. The van der Waals surface area contributed by atoms with Crippen molar-refractivity contribution in [2.24, 2.45) is 5.73 Å². The molecule has 4 nitrogen and oxygen atoms in total. The molecule has 1 aromatic rings. The Morgan fingerprint density at radius 1 is 1.56 bits per heavy atom. The predicted molar refractivity (Wildman–Crippen MR) is 72.3 cm³/mol. The van der Waals surface area contributed by atoms with Gasteiger partial charge < -0.3 is 10.5 Å². The van der Waals surface area contributed by atoms with Crippen molar-refractivity contribution in [3.63, 3.8) is 0 Å². The van der Waals surface area contributed by atoms with Gasteiger partial charge in [0.2, 0.25) is 0 Å². The van der Waals surface area contributed by atoms with Gasteiger partial charge in [0.1, 0.15) is 0 Å². The van der Waals surface area contributed by atoms with Gasteiger partial charge in [-0.1, -0.05) is 6.92 Å². The van der Waals surface area contributed by atoms with E-state index in [1.54, 1.807) is 0 Å². The zero-order chi connectivity index (χ0) is 12.8. The summed E-state index contributed by atoms with van der Waals surface area (Å²) in [6.07, 6.45) is 9.13. The minimum absolute atomic E-state index is 0.0876. The summed E-state index contributed by atoms with van der Waals surface area (Å²) in [5, 5.41) is 4.33. The molecular formula is C14H25N3O. The molecule has 0 aromatic carbocycles. The number of rotatable bonds is 6. The summed E-state index contributed by atoms with van der Waals surface area (Å²) in [7, 11) is 0. The highest BCUT2D eigenvalue weighted by Crippen LogP contribution is 2.22.